The average molecular weight is 312 g/mol. The van der Waals surface area contributed by atoms with Gasteiger partial charge in [-0.15, -0.1) is 0 Å². The molecule has 0 aromatic heterocycles. The molecule has 2 heterocycles. The van der Waals surface area contributed by atoms with E-state index in [2.05, 4.69) is 0 Å². The third-order valence-electron chi connectivity index (χ3n) is 4.04. The smallest absolute Gasteiger partial charge is 0.340 e. The van der Waals surface area contributed by atoms with Crippen molar-refractivity contribution in [3.05, 3.63) is 28.8 Å². The molecule has 2 unspecified atom stereocenters. The molecule has 0 bridgehead atoms. The van der Waals surface area contributed by atoms with Crippen molar-refractivity contribution in [1.29, 1.82) is 0 Å². The van der Waals surface area contributed by atoms with Crippen molar-refractivity contribution in [2.75, 3.05) is 25.6 Å². The first-order valence-electron chi connectivity index (χ1n) is 7.06. The van der Waals surface area contributed by atoms with Crippen LogP contribution in [-0.2, 0) is 14.2 Å². The predicted octanol–water partition coefficient (Wildman–Crippen LogP) is 2.42. The van der Waals surface area contributed by atoms with Crippen molar-refractivity contribution in [2.24, 2.45) is 0 Å². The van der Waals surface area contributed by atoms with Gasteiger partial charge in [0.25, 0.3) is 0 Å². The van der Waals surface area contributed by atoms with Crippen LogP contribution in [0.3, 0.4) is 0 Å². The van der Waals surface area contributed by atoms with E-state index >= 15 is 0 Å². The molecule has 1 aromatic rings. The molecule has 21 heavy (non-hydrogen) atoms. The molecule has 2 atom stereocenters. The van der Waals surface area contributed by atoms with E-state index in [4.69, 9.17) is 31.5 Å². The Bertz CT molecular complexity index is 542. The van der Waals surface area contributed by atoms with Crippen LogP contribution in [0.2, 0.25) is 5.02 Å². The van der Waals surface area contributed by atoms with Gasteiger partial charge in [-0.2, -0.15) is 0 Å². The predicted molar refractivity (Wildman–Crippen MR) is 78.4 cm³/mol. The van der Waals surface area contributed by atoms with E-state index in [1.54, 1.807) is 18.2 Å². The summed E-state index contributed by atoms with van der Waals surface area (Å²) < 4.78 is 16.8. The highest BCUT2D eigenvalue weighted by atomic mass is 35.5. The number of hydrogen-bond donors (Lipinski definition) is 1. The van der Waals surface area contributed by atoms with E-state index in [1.165, 1.54) is 0 Å². The van der Waals surface area contributed by atoms with Crippen LogP contribution in [0.5, 0.6) is 0 Å². The summed E-state index contributed by atoms with van der Waals surface area (Å²) in [6.45, 7) is 1.84. The van der Waals surface area contributed by atoms with Gasteiger partial charge in [0.2, 0.25) is 0 Å². The molecule has 0 saturated carbocycles. The maximum Gasteiger partial charge on any atom is 0.340 e. The monoisotopic (exact) mass is 311 g/mol. The van der Waals surface area contributed by atoms with Crippen LogP contribution in [0, 0.1) is 0 Å². The highest BCUT2D eigenvalue weighted by Crippen LogP contribution is 2.34. The van der Waals surface area contributed by atoms with Crippen molar-refractivity contribution >= 4 is 23.3 Å². The van der Waals surface area contributed by atoms with Gasteiger partial charge in [-0.3, -0.25) is 0 Å². The molecule has 2 aliphatic heterocycles. The molecule has 0 radical (unpaired) electrons. The molecule has 2 N–H and O–H groups in total. The Balaban J connectivity index is 1.68. The molecule has 2 fully saturated rings. The van der Waals surface area contributed by atoms with E-state index in [0.717, 1.165) is 6.42 Å². The minimum absolute atomic E-state index is 0.176. The Kier molecular flexibility index (Phi) is 4.06. The first-order valence-corrected chi connectivity index (χ1v) is 7.44. The Labute approximate surface area is 128 Å². The standard InChI is InChI=1S/C15H18ClNO4/c16-13-11(2-1-3-12(13)17)14(18)21-10-4-6-20-15(8-10)5-7-19-9-15/h1-3,10H,4-9,17H2. The Morgan fingerprint density at radius 1 is 1.43 bits per heavy atom. The fraction of sp³-hybridized carbons (Fsp3) is 0.533. The summed E-state index contributed by atoms with van der Waals surface area (Å²) in [7, 11) is 0. The van der Waals surface area contributed by atoms with Gasteiger partial charge in [-0.25, -0.2) is 4.79 Å². The fourth-order valence-electron chi connectivity index (χ4n) is 2.87. The lowest BCUT2D eigenvalue weighted by Crippen LogP contribution is -2.43. The van der Waals surface area contributed by atoms with E-state index < -0.39 is 5.97 Å². The number of ether oxygens (including phenoxy) is 3. The number of halogens is 1. The van der Waals surface area contributed by atoms with Gasteiger partial charge in [-0.1, -0.05) is 17.7 Å². The van der Waals surface area contributed by atoms with Gasteiger partial charge in [0.15, 0.2) is 0 Å². The summed E-state index contributed by atoms with van der Waals surface area (Å²) >= 11 is 6.06. The second-order valence-electron chi connectivity index (χ2n) is 5.56. The molecular weight excluding hydrogens is 294 g/mol. The van der Waals surface area contributed by atoms with Crippen molar-refractivity contribution < 1.29 is 19.0 Å². The van der Waals surface area contributed by atoms with Gasteiger partial charge in [0.1, 0.15) is 6.10 Å². The quantitative estimate of drug-likeness (QED) is 0.671. The Hall–Kier alpha value is -1.30. The van der Waals surface area contributed by atoms with Gasteiger partial charge < -0.3 is 19.9 Å². The summed E-state index contributed by atoms with van der Waals surface area (Å²) in [5, 5.41) is 0.244. The van der Waals surface area contributed by atoms with Crippen molar-refractivity contribution in [1.82, 2.24) is 0 Å². The Morgan fingerprint density at radius 3 is 3.05 bits per heavy atom. The average Bonchev–Trinajstić information content (AvgIpc) is 2.89. The highest BCUT2D eigenvalue weighted by molar-refractivity contribution is 6.36. The Morgan fingerprint density at radius 2 is 2.29 bits per heavy atom. The molecular formula is C15H18ClNO4. The van der Waals surface area contributed by atoms with Gasteiger partial charge in [0.05, 0.1) is 35.1 Å². The summed E-state index contributed by atoms with van der Waals surface area (Å²) in [5.41, 5.74) is 6.10. The lowest BCUT2D eigenvalue weighted by molar-refractivity contribution is -0.120. The van der Waals surface area contributed by atoms with E-state index in [9.17, 15) is 4.79 Å². The van der Waals surface area contributed by atoms with Crippen LogP contribution < -0.4 is 5.73 Å². The molecule has 114 valence electrons. The first-order chi connectivity index (χ1) is 10.1. The summed E-state index contributed by atoms with van der Waals surface area (Å²) in [6, 6.07) is 4.96. The second kappa shape index (κ2) is 5.83. The number of carbonyl (C=O) groups excluding carboxylic acids is 1. The summed E-state index contributed by atoms with van der Waals surface area (Å²) in [5.74, 6) is -0.437. The SMILES string of the molecule is Nc1cccc(C(=O)OC2CCOC3(CCOC3)C2)c1Cl. The van der Waals surface area contributed by atoms with Crippen LogP contribution >= 0.6 is 11.6 Å². The van der Waals surface area contributed by atoms with Crippen molar-refractivity contribution in [3.63, 3.8) is 0 Å². The van der Waals surface area contributed by atoms with Gasteiger partial charge in [-0.05, 0) is 12.1 Å². The summed E-state index contributed by atoms with van der Waals surface area (Å²) in [6.07, 6.45) is 2.03. The zero-order valence-corrected chi connectivity index (χ0v) is 12.4. The van der Waals surface area contributed by atoms with Crippen LogP contribution in [0.25, 0.3) is 0 Å². The third kappa shape index (κ3) is 3.00. The van der Waals surface area contributed by atoms with Gasteiger partial charge in [0, 0.05) is 25.9 Å². The van der Waals surface area contributed by atoms with Crippen LogP contribution in [-0.4, -0.2) is 37.5 Å². The molecule has 0 aliphatic carbocycles. The first kappa shape index (κ1) is 14.6. The van der Waals surface area contributed by atoms with Crippen molar-refractivity contribution in [3.8, 4) is 0 Å². The van der Waals surface area contributed by atoms with Crippen LogP contribution in [0.15, 0.2) is 18.2 Å². The molecule has 6 heteroatoms. The number of carbonyl (C=O) groups is 1. The maximum absolute atomic E-state index is 12.3. The van der Waals surface area contributed by atoms with Crippen LogP contribution in [0.4, 0.5) is 5.69 Å². The largest absolute Gasteiger partial charge is 0.459 e. The molecule has 0 amide bonds. The molecule has 2 saturated heterocycles. The number of nitrogens with two attached hydrogens (primary N) is 1. The number of benzene rings is 1. The molecule has 5 nitrogen and oxygen atoms in total. The number of esters is 1. The topological polar surface area (TPSA) is 70.8 Å². The fourth-order valence-corrected chi connectivity index (χ4v) is 3.07. The lowest BCUT2D eigenvalue weighted by Gasteiger charge is -2.36. The van der Waals surface area contributed by atoms with Crippen molar-refractivity contribution in [2.45, 2.75) is 31.0 Å². The minimum Gasteiger partial charge on any atom is -0.459 e. The zero-order chi connectivity index (χ0) is 14.9. The lowest BCUT2D eigenvalue weighted by atomic mass is 9.91. The number of anilines is 1. The maximum atomic E-state index is 12.3. The van der Waals surface area contributed by atoms with E-state index in [-0.39, 0.29) is 16.7 Å². The molecule has 2 aliphatic rings. The third-order valence-corrected chi connectivity index (χ3v) is 4.46. The second-order valence-corrected chi connectivity index (χ2v) is 5.94. The molecule has 1 spiro atoms. The number of rotatable bonds is 2. The van der Waals surface area contributed by atoms with E-state index in [1.807, 2.05) is 0 Å². The minimum atomic E-state index is -0.437. The summed E-state index contributed by atoms with van der Waals surface area (Å²) in [4.78, 5) is 12.3. The zero-order valence-electron chi connectivity index (χ0n) is 11.6. The normalized spacial score (nSPS) is 28.7. The number of hydrogen-bond acceptors (Lipinski definition) is 5. The molecule has 3 rings (SSSR count). The highest BCUT2D eigenvalue weighted by Gasteiger charge is 2.42. The van der Waals surface area contributed by atoms with Gasteiger partial charge >= 0.3 is 5.97 Å². The number of nitrogen functional groups attached to an aromatic ring is 1. The molecule has 1 aromatic carbocycles. The van der Waals surface area contributed by atoms with E-state index in [0.29, 0.717) is 43.9 Å². The van der Waals surface area contributed by atoms with Crippen LogP contribution in [0.1, 0.15) is 29.6 Å².